The van der Waals surface area contributed by atoms with Crippen molar-refractivity contribution in [3.05, 3.63) is 102 Å². The Hall–Kier alpha value is -3.09. The number of nitrogens with one attached hydrogen (secondary N) is 1. The summed E-state index contributed by atoms with van der Waals surface area (Å²) in [7, 11) is -3.45. The first-order valence-corrected chi connectivity index (χ1v) is 14.4. The average molecular weight is 501 g/mol. The topological polar surface area (TPSA) is 58.6 Å². The first kappa shape index (κ1) is 23.3. The van der Waals surface area contributed by atoms with E-state index in [1.54, 1.807) is 10.4 Å². The average Bonchev–Trinajstić information content (AvgIpc) is 3.43. The van der Waals surface area contributed by atoms with Gasteiger partial charge < -0.3 is 10.1 Å². The number of fused-ring (bicyclic) bond motifs is 3. The molecule has 0 saturated carbocycles. The molecule has 0 amide bonds. The van der Waals surface area contributed by atoms with Gasteiger partial charge >= 0.3 is 0 Å². The molecule has 3 aromatic carbocycles. The fraction of sp³-hybridized carbons (Fsp3) is 0.333. The van der Waals surface area contributed by atoms with Crippen LogP contribution in [0.25, 0.3) is 0 Å². The number of allylic oxidation sites excluding steroid dienone is 2. The molecule has 1 saturated heterocycles. The quantitative estimate of drug-likeness (QED) is 0.406. The lowest BCUT2D eigenvalue weighted by molar-refractivity contribution is 0.306. The highest BCUT2D eigenvalue weighted by Crippen LogP contribution is 2.50. The van der Waals surface area contributed by atoms with Gasteiger partial charge in [-0.05, 0) is 72.2 Å². The summed E-state index contributed by atoms with van der Waals surface area (Å²) in [6, 6.07) is 24.4. The molecule has 6 heteroatoms. The third-order valence-electron chi connectivity index (χ3n) is 7.77. The minimum absolute atomic E-state index is 0.158. The summed E-state index contributed by atoms with van der Waals surface area (Å²) in [6.07, 6.45) is 8.45. The van der Waals surface area contributed by atoms with Crippen LogP contribution in [-0.4, -0.2) is 25.8 Å². The predicted octanol–water partition coefficient (Wildman–Crippen LogP) is 6.27. The van der Waals surface area contributed by atoms with E-state index in [1.807, 2.05) is 42.5 Å². The van der Waals surface area contributed by atoms with Gasteiger partial charge in [0.25, 0.3) is 0 Å². The highest BCUT2D eigenvalue weighted by atomic mass is 32.2. The number of anilines is 1. The van der Waals surface area contributed by atoms with E-state index >= 15 is 0 Å². The van der Waals surface area contributed by atoms with E-state index < -0.39 is 10.0 Å². The second-order valence-corrected chi connectivity index (χ2v) is 12.0. The smallest absolute Gasteiger partial charge is 0.243 e. The maximum absolute atomic E-state index is 13.3. The molecule has 1 fully saturated rings. The summed E-state index contributed by atoms with van der Waals surface area (Å²) in [4.78, 5) is 0.419. The number of hydrogen-bond donors (Lipinski definition) is 1. The Balaban J connectivity index is 1.22. The highest BCUT2D eigenvalue weighted by molar-refractivity contribution is 7.89. The second kappa shape index (κ2) is 9.75. The lowest BCUT2D eigenvalue weighted by Gasteiger charge is -2.38. The standard InChI is InChI=1S/C30H32N2O3S/c33-36(34,32-18-5-2-6-19-32)25-16-17-29-28(20-25)26-10-7-11-27(26)30(31-29)23-12-14-24(15-13-23)35-21-22-8-3-1-4-9-22/h1,3-4,7-10,12-17,20,26-27,30-31H,2,5-6,11,18-19,21H2. The van der Waals surface area contributed by atoms with Crippen molar-refractivity contribution >= 4 is 15.7 Å². The van der Waals surface area contributed by atoms with Gasteiger partial charge in [-0.15, -0.1) is 0 Å². The van der Waals surface area contributed by atoms with Gasteiger partial charge in [0.15, 0.2) is 0 Å². The molecule has 2 aliphatic heterocycles. The molecule has 0 aromatic heterocycles. The van der Waals surface area contributed by atoms with Crippen molar-refractivity contribution in [2.75, 3.05) is 18.4 Å². The largest absolute Gasteiger partial charge is 0.489 e. The van der Waals surface area contributed by atoms with Gasteiger partial charge in [-0.25, -0.2) is 8.42 Å². The molecule has 186 valence electrons. The molecular formula is C30H32N2O3S. The Morgan fingerprint density at radius 3 is 2.47 bits per heavy atom. The normalized spacial score (nSPS) is 23.5. The molecule has 3 atom stereocenters. The van der Waals surface area contributed by atoms with Gasteiger partial charge in [-0.2, -0.15) is 4.31 Å². The van der Waals surface area contributed by atoms with Crippen LogP contribution in [-0.2, 0) is 16.6 Å². The van der Waals surface area contributed by atoms with Crippen molar-refractivity contribution in [2.45, 2.75) is 49.1 Å². The van der Waals surface area contributed by atoms with Crippen LogP contribution < -0.4 is 10.1 Å². The predicted molar refractivity (Wildman–Crippen MR) is 143 cm³/mol. The van der Waals surface area contributed by atoms with Gasteiger partial charge in [0.1, 0.15) is 12.4 Å². The van der Waals surface area contributed by atoms with E-state index in [0.29, 0.717) is 30.5 Å². The van der Waals surface area contributed by atoms with Crippen LogP contribution in [0.15, 0.2) is 89.8 Å². The first-order chi connectivity index (χ1) is 17.6. The summed E-state index contributed by atoms with van der Waals surface area (Å²) in [5, 5.41) is 3.73. The number of nitrogens with zero attached hydrogens (tertiary/aromatic N) is 1. The second-order valence-electron chi connectivity index (χ2n) is 10.0. The molecule has 0 bridgehead atoms. The Morgan fingerprint density at radius 2 is 1.69 bits per heavy atom. The van der Waals surface area contributed by atoms with Crippen molar-refractivity contribution < 1.29 is 13.2 Å². The number of benzene rings is 3. The molecule has 3 unspecified atom stereocenters. The lowest BCUT2D eigenvalue weighted by Crippen LogP contribution is -2.36. The Labute approximate surface area is 213 Å². The van der Waals surface area contributed by atoms with E-state index in [-0.39, 0.29) is 12.0 Å². The lowest BCUT2D eigenvalue weighted by atomic mass is 9.77. The molecule has 0 radical (unpaired) electrons. The van der Waals surface area contributed by atoms with Crippen LogP contribution in [0.2, 0.25) is 0 Å². The summed E-state index contributed by atoms with van der Waals surface area (Å²) in [6.45, 7) is 1.79. The number of ether oxygens (including phenoxy) is 1. The van der Waals surface area contributed by atoms with Gasteiger partial charge in [-0.3, -0.25) is 0 Å². The summed E-state index contributed by atoms with van der Waals surface area (Å²) >= 11 is 0. The molecule has 5 nitrogen and oxygen atoms in total. The van der Waals surface area contributed by atoms with E-state index in [9.17, 15) is 8.42 Å². The fourth-order valence-electron chi connectivity index (χ4n) is 5.83. The van der Waals surface area contributed by atoms with Gasteiger partial charge in [0.05, 0.1) is 10.9 Å². The minimum Gasteiger partial charge on any atom is -0.489 e. The van der Waals surface area contributed by atoms with Crippen molar-refractivity contribution in [1.82, 2.24) is 4.31 Å². The van der Waals surface area contributed by atoms with Crippen LogP contribution in [0, 0.1) is 5.92 Å². The zero-order valence-electron chi connectivity index (χ0n) is 20.3. The number of piperidine rings is 1. The van der Waals surface area contributed by atoms with E-state index in [1.165, 1.54) is 5.56 Å². The van der Waals surface area contributed by atoms with E-state index in [0.717, 1.165) is 48.2 Å². The summed E-state index contributed by atoms with van der Waals surface area (Å²) in [5.41, 5.74) is 4.48. The Kier molecular flexibility index (Phi) is 6.32. The minimum atomic E-state index is -3.45. The van der Waals surface area contributed by atoms with Crippen LogP contribution in [0.5, 0.6) is 5.75 Å². The summed E-state index contributed by atoms with van der Waals surface area (Å²) in [5.74, 6) is 1.41. The molecule has 6 rings (SSSR count). The zero-order valence-corrected chi connectivity index (χ0v) is 21.2. The van der Waals surface area contributed by atoms with Crippen molar-refractivity contribution in [2.24, 2.45) is 5.92 Å². The van der Waals surface area contributed by atoms with Gasteiger partial charge in [0.2, 0.25) is 10.0 Å². The van der Waals surface area contributed by atoms with Crippen LogP contribution in [0.3, 0.4) is 0 Å². The molecule has 0 spiro atoms. The van der Waals surface area contributed by atoms with Crippen molar-refractivity contribution in [1.29, 1.82) is 0 Å². The van der Waals surface area contributed by atoms with Crippen LogP contribution in [0.4, 0.5) is 5.69 Å². The van der Waals surface area contributed by atoms with Crippen LogP contribution >= 0.6 is 0 Å². The van der Waals surface area contributed by atoms with Gasteiger partial charge in [-0.1, -0.05) is 61.0 Å². The van der Waals surface area contributed by atoms with Gasteiger partial charge in [0, 0.05) is 24.7 Å². The molecule has 3 aliphatic rings. The van der Waals surface area contributed by atoms with Crippen molar-refractivity contribution in [3.63, 3.8) is 0 Å². The fourth-order valence-corrected chi connectivity index (χ4v) is 7.38. The number of rotatable bonds is 6. The monoisotopic (exact) mass is 500 g/mol. The molecular weight excluding hydrogens is 468 g/mol. The SMILES string of the molecule is O=S(=O)(c1ccc2c(c1)C1C=CCC1C(c1ccc(OCc3ccccc3)cc1)N2)N1CCCCC1. The van der Waals surface area contributed by atoms with E-state index in [4.69, 9.17) is 4.74 Å². The molecule has 2 heterocycles. The molecule has 36 heavy (non-hydrogen) atoms. The number of sulfonamides is 1. The van der Waals surface area contributed by atoms with Crippen LogP contribution in [0.1, 0.15) is 54.3 Å². The molecule has 3 aromatic rings. The first-order valence-electron chi connectivity index (χ1n) is 12.9. The molecule has 1 aliphatic carbocycles. The highest BCUT2D eigenvalue weighted by Gasteiger charge is 2.39. The zero-order chi connectivity index (χ0) is 24.5. The third-order valence-corrected chi connectivity index (χ3v) is 9.67. The maximum Gasteiger partial charge on any atom is 0.243 e. The summed E-state index contributed by atoms with van der Waals surface area (Å²) < 4.78 is 34.2. The molecule has 1 N–H and O–H groups in total. The maximum atomic E-state index is 13.3. The van der Waals surface area contributed by atoms with Crippen molar-refractivity contribution in [3.8, 4) is 5.75 Å². The Bertz CT molecular complexity index is 1350. The van der Waals surface area contributed by atoms with E-state index in [2.05, 4.69) is 41.7 Å². The Morgan fingerprint density at radius 1 is 0.917 bits per heavy atom. The number of hydrogen-bond acceptors (Lipinski definition) is 4. The third kappa shape index (κ3) is 4.44.